The van der Waals surface area contributed by atoms with E-state index < -0.39 is 10.0 Å². The molecule has 1 aliphatic heterocycles. The zero-order valence-corrected chi connectivity index (χ0v) is 17.9. The van der Waals surface area contributed by atoms with E-state index in [1.807, 2.05) is 24.8 Å². The first kappa shape index (κ1) is 19.7. The molecule has 4 rings (SSSR count). The van der Waals surface area contributed by atoms with Crippen LogP contribution < -0.4 is 4.72 Å². The Morgan fingerprint density at radius 1 is 1.14 bits per heavy atom. The van der Waals surface area contributed by atoms with E-state index in [0.717, 1.165) is 12.0 Å². The number of aryl methyl sites for hydroxylation is 1. The van der Waals surface area contributed by atoms with E-state index in [1.165, 1.54) is 22.6 Å². The van der Waals surface area contributed by atoms with Gasteiger partial charge in [-0.15, -0.1) is 11.3 Å². The lowest BCUT2D eigenvalue weighted by Crippen LogP contribution is -2.38. The molecule has 1 atom stereocenters. The molecule has 1 amide bonds. The van der Waals surface area contributed by atoms with E-state index in [4.69, 9.17) is 0 Å². The van der Waals surface area contributed by atoms with Gasteiger partial charge in [0.1, 0.15) is 0 Å². The average Bonchev–Trinajstić information content (AvgIpc) is 3.17. The van der Waals surface area contributed by atoms with Crippen LogP contribution in [0.1, 0.15) is 39.3 Å². The van der Waals surface area contributed by atoms with Gasteiger partial charge < -0.3 is 4.90 Å². The number of rotatable bonds is 4. The summed E-state index contributed by atoms with van der Waals surface area (Å²) in [4.78, 5) is 16.3. The number of nitrogens with zero attached hydrogens (tertiary/aromatic N) is 1. The molecule has 29 heavy (non-hydrogen) atoms. The standard InChI is InChI=1S/C22H22N2O3S2/c1-15-5-3-7-18(13-15)23-29(26,27)19-8-4-6-17(14-19)22(25)24-11-9-21-20(16(24)2)10-12-28-21/h3-8,10,12-14,16,23H,9,11H2,1-2H3/t16-/m0/s1. The Kier molecular flexibility index (Phi) is 5.19. The van der Waals surface area contributed by atoms with Crippen LogP contribution in [-0.2, 0) is 16.4 Å². The van der Waals surface area contributed by atoms with Crippen molar-refractivity contribution in [2.75, 3.05) is 11.3 Å². The molecule has 1 aliphatic rings. The second kappa shape index (κ2) is 7.65. The van der Waals surface area contributed by atoms with Crippen LogP contribution in [0.5, 0.6) is 0 Å². The molecule has 0 radical (unpaired) electrons. The number of hydrogen-bond acceptors (Lipinski definition) is 4. The number of amides is 1. The second-order valence-electron chi connectivity index (χ2n) is 7.23. The molecule has 0 saturated heterocycles. The van der Waals surface area contributed by atoms with E-state index in [1.54, 1.807) is 41.7 Å². The summed E-state index contributed by atoms with van der Waals surface area (Å²) >= 11 is 1.72. The van der Waals surface area contributed by atoms with E-state index in [2.05, 4.69) is 16.2 Å². The zero-order chi connectivity index (χ0) is 20.6. The van der Waals surface area contributed by atoms with E-state index in [0.29, 0.717) is 17.8 Å². The molecule has 5 nitrogen and oxygen atoms in total. The molecule has 0 bridgehead atoms. The molecule has 0 fully saturated rings. The highest BCUT2D eigenvalue weighted by molar-refractivity contribution is 7.92. The van der Waals surface area contributed by atoms with Crippen molar-refractivity contribution in [1.82, 2.24) is 4.90 Å². The van der Waals surface area contributed by atoms with Gasteiger partial charge in [-0.2, -0.15) is 0 Å². The van der Waals surface area contributed by atoms with Crippen molar-refractivity contribution >= 4 is 33.0 Å². The molecule has 150 valence electrons. The monoisotopic (exact) mass is 426 g/mol. The Morgan fingerprint density at radius 3 is 2.72 bits per heavy atom. The fourth-order valence-corrected chi connectivity index (χ4v) is 5.73. The lowest BCUT2D eigenvalue weighted by atomic mass is 10.0. The molecule has 0 spiro atoms. The maximum atomic E-state index is 13.1. The summed E-state index contributed by atoms with van der Waals surface area (Å²) in [5.74, 6) is -0.151. The maximum absolute atomic E-state index is 13.1. The van der Waals surface area contributed by atoms with Gasteiger partial charge in [0.05, 0.1) is 10.9 Å². The molecular formula is C22H22N2O3S2. The second-order valence-corrected chi connectivity index (χ2v) is 9.91. The molecule has 1 aromatic heterocycles. The third-order valence-corrected chi connectivity index (χ3v) is 7.58. The first-order valence-corrected chi connectivity index (χ1v) is 11.8. The minimum absolute atomic E-state index is 0.0248. The SMILES string of the molecule is Cc1cccc(NS(=O)(=O)c2cccc(C(=O)N3CCc4sccc4[C@@H]3C)c2)c1. The third kappa shape index (κ3) is 3.93. The van der Waals surface area contributed by atoms with Crippen molar-refractivity contribution in [2.45, 2.75) is 31.2 Å². The van der Waals surface area contributed by atoms with Crippen LogP contribution in [0, 0.1) is 6.92 Å². The first-order chi connectivity index (χ1) is 13.8. The summed E-state index contributed by atoms with van der Waals surface area (Å²) in [5, 5.41) is 2.05. The van der Waals surface area contributed by atoms with Crippen LogP contribution in [0.2, 0.25) is 0 Å². The van der Waals surface area contributed by atoms with E-state index in [-0.39, 0.29) is 16.8 Å². The fraction of sp³-hybridized carbons (Fsp3) is 0.227. The van der Waals surface area contributed by atoms with Crippen molar-refractivity contribution in [3.05, 3.63) is 81.5 Å². The van der Waals surface area contributed by atoms with Gasteiger partial charge in [-0.1, -0.05) is 18.2 Å². The molecule has 7 heteroatoms. The average molecular weight is 427 g/mol. The van der Waals surface area contributed by atoms with Gasteiger partial charge in [0.15, 0.2) is 0 Å². The summed E-state index contributed by atoms with van der Waals surface area (Å²) < 4.78 is 28.2. The Balaban J connectivity index is 1.59. The van der Waals surface area contributed by atoms with Gasteiger partial charge in [-0.3, -0.25) is 9.52 Å². The summed E-state index contributed by atoms with van der Waals surface area (Å²) in [6, 6.07) is 15.4. The van der Waals surface area contributed by atoms with Crippen LogP contribution in [-0.4, -0.2) is 25.8 Å². The van der Waals surface area contributed by atoms with Gasteiger partial charge in [-0.25, -0.2) is 8.42 Å². The molecule has 2 heterocycles. The molecule has 0 saturated carbocycles. The van der Waals surface area contributed by atoms with Gasteiger partial charge in [0.25, 0.3) is 15.9 Å². The predicted molar refractivity (Wildman–Crippen MR) is 116 cm³/mol. The number of thiophene rings is 1. The van der Waals surface area contributed by atoms with Crippen molar-refractivity contribution in [3.63, 3.8) is 0 Å². The summed E-state index contributed by atoms with van der Waals surface area (Å²) in [6.45, 7) is 4.55. The van der Waals surface area contributed by atoms with Crippen LogP contribution >= 0.6 is 11.3 Å². The smallest absolute Gasteiger partial charge is 0.261 e. The number of carbonyl (C=O) groups is 1. The Bertz CT molecular complexity index is 1170. The van der Waals surface area contributed by atoms with Crippen molar-refractivity contribution in [1.29, 1.82) is 0 Å². The van der Waals surface area contributed by atoms with Crippen LogP contribution in [0.25, 0.3) is 0 Å². The predicted octanol–water partition coefficient (Wildman–Crippen LogP) is 4.62. The topological polar surface area (TPSA) is 66.5 Å². The van der Waals surface area contributed by atoms with Gasteiger partial charge >= 0.3 is 0 Å². The van der Waals surface area contributed by atoms with Crippen molar-refractivity contribution in [3.8, 4) is 0 Å². The quantitative estimate of drug-likeness (QED) is 0.662. The van der Waals surface area contributed by atoms with E-state index >= 15 is 0 Å². The lowest BCUT2D eigenvalue weighted by molar-refractivity contribution is 0.0679. The third-order valence-electron chi connectivity index (χ3n) is 5.20. The van der Waals surface area contributed by atoms with Crippen molar-refractivity contribution < 1.29 is 13.2 Å². The Labute approximate surface area is 175 Å². The van der Waals surface area contributed by atoms with Gasteiger partial charge in [0.2, 0.25) is 0 Å². The zero-order valence-electron chi connectivity index (χ0n) is 16.3. The minimum atomic E-state index is -3.79. The molecule has 1 N–H and O–H groups in total. The lowest BCUT2D eigenvalue weighted by Gasteiger charge is -2.33. The van der Waals surface area contributed by atoms with Crippen LogP contribution in [0.15, 0.2) is 64.9 Å². The van der Waals surface area contributed by atoms with Crippen molar-refractivity contribution in [2.24, 2.45) is 0 Å². The summed E-state index contributed by atoms with van der Waals surface area (Å²) in [7, 11) is -3.79. The summed E-state index contributed by atoms with van der Waals surface area (Å²) in [5.41, 5.74) is 3.01. The summed E-state index contributed by atoms with van der Waals surface area (Å²) in [6.07, 6.45) is 0.829. The normalized spacial score (nSPS) is 16.3. The van der Waals surface area contributed by atoms with Gasteiger partial charge in [-0.05, 0) is 73.2 Å². The highest BCUT2D eigenvalue weighted by Crippen LogP contribution is 2.33. The highest BCUT2D eigenvalue weighted by atomic mass is 32.2. The number of carbonyl (C=O) groups excluding carboxylic acids is 1. The number of anilines is 1. The molecular weight excluding hydrogens is 404 g/mol. The number of fused-ring (bicyclic) bond motifs is 1. The number of sulfonamides is 1. The number of nitrogens with one attached hydrogen (secondary N) is 1. The van der Waals surface area contributed by atoms with Crippen LogP contribution in [0.3, 0.4) is 0 Å². The molecule has 3 aromatic rings. The fourth-order valence-electron chi connectivity index (χ4n) is 3.67. The molecule has 2 aromatic carbocycles. The molecule has 0 unspecified atom stereocenters. The maximum Gasteiger partial charge on any atom is 0.261 e. The Hall–Kier alpha value is -2.64. The highest BCUT2D eigenvalue weighted by Gasteiger charge is 2.29. The van der Waals surface area contributed by atoms with Gasteiger partial charge in [0, 0.05) is 22.7 Å². The van der Waals surface area contributed by atoms with E-state index in [9.17, 15) is 13.2 Å². The van der Waals surface area contributed by atoms with Crippen LogP contribution in [0.4, 0.5) is 5.69 Å². The first-order valence-electron chi connectivity index (χ1n) is 9.42. The number of hydrogen-bond donors (Lipinski definition) is 1. The molecule has 0 aliphatic carbocycles. The minimum Gasteiger partial charge on any atom is -0.331 e. The largest absolute Gasteiger partial charge is 0.331 e. The number of benzene rings is 2. The Morgan fingerprint density at radius 2 is 1.93 bits per heavy atom.